The summed E-state index contributed by atoms with van der Waals surface area (Å²) in [5.74, 6) is -0.362. The van der Waals surface area contributed by atoms with Gasteiger partial charge in [-0.15, -0.1) is 0 Å². The number of hydrogen-bond donors (Lipinski definition) is 1. The molecule has 0 saturated heterocycles. The molecule has 1 radical (unpaired) electrons. The van der Waals surface area contributed by atoms with Crippen LogP contribution in [0.3, 0.4) is 0 Å². The minimum atomic E-state index is -0.830. The molecule has 1 rings (SSSR count). The predicted molar refractivity (Wildman–Crippen MR) is 46.7 cm³/mol. The molecule has 1 aromatic carbocycles. The van der Waals surface area contributed by atoms with Crippen LogP contribution < -0.4 is 0 Å². The molecule has 0 amide bonds. The Balaban J connectivity index is 2.88. The molecule has 0 spiro atoms. The predicted octanol–water partition coefficient (Wildman–Crippen LogP) is 2.10. The van der Waals surface area contributed by atoms with Gasteiger partial charge in [0, 0.05) is 0 Å². The SMILES string of the molecule is CC[C](C(=O)O)c1ccccc1. The fraction of sp³-hybridized carbons (Fsp3) is 0.200. The molecule has 1 aromatic rings. The Morgan fingerprint density at radius 2 is 1.92 bits per heavy atom. The fourth-order valence-electron chi connectivity index (χ4n) is 1.12. The van der Waals surface area contributed by atoms with Crippen molar-refractivity contribution in [1.29, 1.82) is 0 Å². The molecule has 0 aliphatic heterocycles. The lowest BCUT2D eigenvalue weighted by Crippen LogP contribution is -2.10. The fourth-order valence-corrected chi connectivity index (χ4v) is 1.12. The Morgan fingerprint density at radius 3 is 2.33 bits per heavy atom. The summed E-state index contributed by atoms with van der Waals surface area (Å²) in [7, 11) is 0. The van der Waals surface area contributed by atoms with E-state index in [1.165, 1.54) is 0 Å². The van der Waals surface area contributed by atoms with Gasteiger partial charge in [0.1, 0.15) is 5.92 Å². The second-order valence-corrected chi connectivity index (χ2v) is 2.50. The van der Waals surface area contributed by atoms with Crippen molar-refractivity contribution in [1.82, 2.24) is 0 Å². The van der Waals surface area contributed by atoms with Crippen molar-refractivity contribution in [3.8, 4) is 0 Å². The Labute approximate surface area is 71.8 Å². The van der Waals surface area contributed by atoms with Gasteiger partial charge in [-0.05, 0) is 12.0 Å². The van der Waals surface area contributed by atoms with Gasteiger partial charge in [-0.3, -0.25) is 4.79 Å². The summed E-state index contributed by atoms with van der Waals surface area (Å²) in [4.78, 5) is 10.7. The molecule has 0 atom stereocenters. The van der Waals surface area contributed by atoms with Crippen molar-refractivity contribution in [2.45, 2.75) is 13.3 Å². The largest absolute Gasteiger partial charge is 0.481 e. The van der Waals surface area contributed by atoms with Gasteiger partial charge in [-0.25, -0.2) is 0 Å². The van der Waals surface area contributed by atoms with E-state index in [0.29, 0.717) is 12.3 Å². The first-order valence-electron chi connectivity index (χ1n) is 3.90. The molecule has 0 fully saturated rings. The molecular formula is C10H11O2. The van der Waals surface area contributed by atoms with Crippen LogP contribution in [0, 0.1) is 5.92 Å². The van der Waals surface area contributed by atoms with E-state index in [2.05, 4.69) is 0 Å². The van der Waals surface area contributed by atoms with Gasteiger partial charge in [0.15, 0.2) is 0 Å². The standard InChI is InChI=1S/C10H11O2/c1-2-9(10(11)12)8-6-4-3-5-7-8/h3-7H,2H2,1H3,(H,11,12). The molecule has 0 heterocycles. The minimum Gasteiger partial charge on any atom is -0.481 e. The summed E-state index contributed by atoms with van der Waals surface area (Å²) < 4.78 is 0. The maximum atomic E-state index is 10.7. The molecule has 0 unspecified atom stereocenters. The van der Waals surface area contributed by atoms with Crippen LogP contribution in [0.15, 0.2) is 30.3 Å². The van der Waals surface area contributed by atoms with E-state index in [4.69, 9.17) is 5.11 Å². The molecule has 0 bridgehead atoms. The summed E-state index contributed by atoms with van der Waals surface area (Å²) in [5, 5.41) is 8.79. The average Bonchev–Trinajstić information content (AvgIpc) is 2.07. The summed E-state index contributed by atoms with van der Waals surface area (Å²) in [6.07, 6.45) is 0.555. The third kappa shape index (κ3) is 1.84. The van der Waals surface area contributed by atoms with Crippen LogP contribution in [0.25, 0.3) is 0 Å². The Bertz CT molecular complexity index is 254. The van der Waals surface area contributed by atoms with Gasteiger partial charge >= 0.3 is 5.97 Å². The first-order valence-corrected chi connectivity index (χ1v) is 3.90. The van der Waals surface area contributed by atoms with Crippen molar-refractivity contribution in [3.05, 3.63) is 41.8 Å². The van der Waals surface area contributed by atoms with Gasteiger partial charge in [0.05, 0.1) is 0 Å². The summed E-state index contributed by atoms with van der Waals surface area (Å²) in [6.45, 7) is 1.84. The second-order valence-electron chi connectivity index (χ2n) is 2.50. The van der Waals surface area contributed by atoms with Crippen molar-refractivity contribution in [3.63, 3.8) is 0 Å². The van der Waals surface area contributed by atoms with Gasteiger partial charge in [-0.2, -0.15) is 0 Å². The minimum absolute atomic E-state index is 0.468. The highest BCUT2D eigenvalue weighted by molar-refractivity contribution is 5.87. The Morgan fingerprint density at radius 1 is 1.33 bits per heavy atom. The third-order valence-electron chi connectivity index (χ3n) is 1.73. The van der Waals surface area contributed by atoms with Crippen LogP contribution in [0.4, 0.5) is 0 Å². The number of hydrogen-bond acceptors (Lipinski definition) is 1. The van der Waals surface area contributed by atoms with Crippen molar-refractivity contribution in [2.75, 3.05) is 0 Å². The van der Waals surface area contributed by atoms with Crippen LogP contribution >= 0.6 is 0 Å². The Hall–Kier alpha value is -1.31. The van der Waals surface area contributed by atoms with Gasteiger partial charge in [0.25, 0.3) is 0 Å². The van der Waals surface area contributed by atoms with Crippen molar-refractivity contribution in [2.24, 2.45) is 0 Å². The molecule has 2 heteroatoms. The highest BCUT2D eigenvalue weighted by Gasteiger charge is 2.17. The number of carboxylic acid groups (broad SMARTS) is 1. The van der Waals surface area contributed by atoms with Gasteiger partial charge in [-0.1, -0.05) is 37.3 Å². The van der Waals surface area contributed by atoms with Crippen LogP contribution in [0.1, 0.15) is 18.9 Å². The first kappa shape index (κ1) is 8.78. The maximum Gasteiger partial charge on any atom is 0.315 e. The van der Waals surface area contributed by atoms with E-state index in [1.807, 2.05) is 37.3 Å². The van der Waals surface area contributed by atoms with E-state index >= 15 is 0 Å². The van der Waals surface area contributed by atoms with Crippen molar-refractivity contribution < 1.29 is 9.90 Å². The molecule has 0 aliphatic rings. The number of benzene rings is 1. The smallest absolute Gasteiger partial charge is 0.315 e. The molecule has 0 aliphatic carbocycles. The first-order chi connectivity index (χ1) is 5.75. The lowest BCUT2D eigenvalue weighted by molar-refractivity contribution is -0.134. The average molecular weight is 163 g/mol. The molecule has 0 saturated carbocycles. The molecule has 12 heavy (non-hydrogen) atoms. The number of rotatable bonds is 3. The highest BCUT2D eigenvalue weighted by Crippen LogP contribution is 2.17. The molecular weight excluding hydrogens is 152 g/mol. The lowest BCUT2D eigenvalue weighted by Gasteiger charge is -2.07. The van der Waals surface area contributed by atoms with Gasteiger partial charge in [0.2, 0.25) is 0 Å². The zero-order valence-electron chi connectivity index (χ0n) is 6.95. The topological polar surface area (TPSA) is 37.3 Å². The van der Waals surface area contributed by atoms with E-state index in [-0.39, 0.29) is 0 Å². The quantitative estimate of drug-likeness (QED) is 0.740. The zero-order chi connectivity index (χ0) is 8.97. The second kappa shape index (κ2) is 3.90. The van der Waals surface area contributed by atoms with E-state index in [9.17, 15) is 4.79 Å². The summed E-state index contributed by atoms with van der Waals surface area (Å²) in [6, 6.07) is 9.18. The number of carboxylic acids is 1. The highest BCUT2D eigenvalue weighted by atomic mass is 16.4. The third-order valence-corrected chi connectivity index (χ3v) is 1.73. The molecule has 1 N–H and O–H groups in total. The van der Waals surface area contributed by atoms with Crippen LogP contribution in [-0.4, -0.2) is 11.1 Å². The van der Waals surface area contributed by atoms with Crippen LogP contribution in [0.2, 0.25) is 0 Å². The van der Waals surface area contributed by atoms with E-state index < -0.39 is 5.97 Å². The van der Waals surface area contributed by atoms with Gasteiger partial charge < -0.3 is 5.11 Å². The zero-order valence-corrected chi connectivity index (χ0v) is 6.95. The maximum absolute atomic E-state index is 10.7. The molecule has 0 aromatic heterocycles. The number of carbonyl (C=O) groups is 1. The van der Waals surface area contributed by atoms with Crippen molar-refractivity contribution >= 4 is 5.97 Å². The molecule has 2 nitrogen and oxygen atoms in total. The normalized spacial score (nSPS) is 10.2. The summed E-state index contributed by atoms with van der Waals surface area (Å²) >= 11 is 0. The van der Waals surface area contributed by atoms with E-state index in [0.717, 1.165) is 5.56 Å². The Kier molecular flexibility index (Phi) is 2.86. The lowest BCUT2D eigenvalue weighted by atomic mass is 9.97. The van der Waals surface area contributed by atoms with Crippen LogP contribution in [0.5, 0.6) is 0 Å². The van der Waals surface area contributed by atoms with E-state index in [1.54, 1.807) is 0 Å². The summed E-state index contributed by atoms with van der Waals surface area (Å²) in [5.41, 5.74) is 0.799. The molecule has 63 valence electrons. The number of aliphatic carboxylic acids is 1. The monoisotopic (exact) mass is 163 g/mol. The van der Waals surface area contributed by atoms with Crippen LogP contribution in [-0.2, 0) is 4.79 Å².